The van der Waals surface area contributed by atoms with E-state index in [9.17, 15) is 0 Å². The van der Waals surface area contributed by atoms with Gasteiger partial charge in [0.15, 0.2) is 11.4 Å². The summed E-state index contributed by atoms with van der Waals surface area (Å²) in [6, 6.07) is 7.90. The third-order valence-corrected chi connectivity index (χ3v) is 3.15. The van der Waals surface area contributed by atoms with Crippen molar-refractivity contribution in [1.82, 2.24) is 9.97 Å². The Kier molecular flexibility index (Phi) is 3.52. The highest BCUT2D eigenvalue weighted by atomic mass is 16.5. The number of hydrogen-bond donors (Lipinski definition) is 1. The van der Waals surface area contributed by atoms with Crippen LogP contribution in [0.3, 0.4) is 0 Å². The van der Waals surface area contributed by atoms with E-state index in [0.29, 0.717) is 5.58 Å². The summed E-state index contributed by atoms with van der Waals surface area (Å²) in [5.41, 5.74) is 2.42. The third-order valence-electron chi connectivity index (χ3n) is 3.15. The van der Waals surface area contributed by atoms with Crippen molar-refractivity contribution in [2.24, 2.45) is 0 Å². The molecule has 0 aliphatic heterocycles. The lowest BCUT2D eigenvalue weighted by atomic mass is 10.2. The van der Waals surface area contributed by atoms with Gasteiger partial charge in [-0.1, -0.05) is 12.1 Å². The highest BCUT2D eigenvalue weighted by Gasteiger charge is 2.13. The van der Waals surface area contributed by atoms with Crippen molar-refractivity contribution in [3.63, 3.8) is 0 Å². The van der Waals surface area contributed by atoms with E-state index in [1.54, 1.807) is 7.11 Å². The largest absolute Gasteiger partial charge is 0.450 e. The van der Waals surface area contributed by atoms with E-state index in [-0.39, 0.29) is 0 Å². The second kappa shape index (κ2) is 5.46. The zero-order chi connectivity index (χ0) is 13.9. The molecule has 2 aromatic heterocycles. The standard InChI is InChI=1S/C15H17N3O2/c1-10-17-13-11-6-3-4-7-12(11)20-14(13)15(18-10)16-8-5-9-19-2/h3-4,6-7H,5,8-9H2,1-2H3,(H,16,17,18). The summed E-state index contributed by atoms with van der Waals surface area (Å²) in [6.45, 7) is 3.40. The Hall–Kier alpha value is -2.14. The van der Waals surface area contributed by atoms with Gasteiger partial charge in [0.1, 0.15) is 16.9 Å². The van der Waals surface area contributed by atoms with Gasteiger partial charge in [0, 0.05) is 25.6 Å². The first-order valence-corrected chi connectivity index (χ1v) is 6.68. The lowest BCUT2D eigenvalue weighted by Gasteiger charge is -2.06. The molecule has 0 radical (unpaired) electrons. The van der Waals surface area contributed by atoms with Gasteiger partial charge < -0.3 is 14.5 Å². The van der Waals surface area contributed by atoms with E-state index in [4.69, 9.17) is 9.15 Å². The Morgan fingerprint density at radius 3 is 2.95 bits per heavy atom. The van der Waals surface area contributed by atoms with Crippen molar-refractivity contribution in [2.45, 2.75) is 13.3 Å². The third kappa shape index (κ3) is 2.32. The molecule has 0 aliphatic rings. The van der Waals surface area contributed by atoms with E-state index < -0.39 is 0 Å². The SMILES string of the molecule is COCCCNc1nc(C)nc2c1oc1ccccc12. The quantitative estimate of drug-likeness (QED) is 0.722. The fourth-order valence-electron chi connectivity index (χ4n) is 2.25. The first-order chi connectivity index (χ1) is 9.79. The average Bonchev–Trinajstić information content (AvgIpc) is 2.82. The number of aromatic nitrogens is 2. The van der Waals surface area contributed by atoms with Gasteiger partial charge in [-0.05, 0) is 25.5 Å². The predicted octanol–water partition coefficient (Wildman–Crippen LogP) is 3.13. The van der Waals surface area contributed by atoms with Crippen LogP contribution in [0.1, 0.15) is 12.2 Å². The average molecular weight is 271 g/mol. The second-order valence-corrected chi connectivity index (χ2v) is 4.67. The molecule has 0 aliphatic carbocycles. The van der Waals surface area contributed by atoms with Crippen molar-refractivity contribution >= 4 is 27.9 Å². The molecule has 0 bridgehead atoms. The molecule has 0 amide bonds. The second-order valence-electron chi connectivity index (χ2n) is 4.67. The first-order valence-electron chi connectivity index (χ1n) is 6.68. The molecule has 1 N–H and O–H groups in total. The molecular formula is C15H17N3O2. The van der Waals surface area contributed by atoms with Crippen LogP contribution in [0.25, 0.3) is 22.1 Å². The van der Waals surface area contributed by atoms with Crippen molar-refractivity contribution in [3.8, 4) is 0 Å². The maximum Gasteiger partial charge on any atom is 0.196 e. The Morgan fingerprint density at radius 2 is 2.10 bits per heavy atom. The van der Waals surface area contributed by atoms with Gasteiger partial charge >= 0.3 is 0 Å². The molecule has 0 fully saturated rings. The molecule has 20 heavy (non-hydrogen) atoms. The van der Waals surface area contributed by atoms with Crippen LogP contribution in [0.4, 0.5) is 5.82 Å². The summed E-state index contributed by atoms with van der Waals surface area (Å²) >= 11 is 0. The zero-order valence-corrected chi connectivity index (χ0v) is 11.6. The number of hydrogen-bond acceptors (Lipinski definition) is 5. The fraction of sp³-hybridized carbons (Fsp3) is 0.333. The van der Waals surface area contributed by atoms with E-state index in [1.165, 1.54) is 0 Å². The molecule has 0 saturated heterocycles. The first kappa shape index (κ1) is 12.9. The van der Waals surface area contributed by atoms with Crippen LogP contribution in [0.2, 0.25) is 0 Å². The van der Waals surface area contributed by atoms with Gasteiger partial charge in [0.2, 0.25) is 0 Å². The molecule has 5 nitrogen and oxygen atoms in total. The maximum atomic E-state index is 5.88. The Bertz CT molecular complexity index is 736. The van der Waals surface area contributed by atoms with Crippen molar-refractivity contribution in [3.05, 3.63) is 30.1 Å². The minimum absolute atomic E-state index is 0.717. The van der Waals surface area contributed by atoms with Crippen molar-refractivity contribution in [1.29, 1.82) is 0 Å². The normalized spacial score (nSPS) is 11.3. The molecule has 0 saturated carbocycles. The molecule has 0 atom stereocenters. The minimum atomic E-state index is 0.717. The summed E-state index contributed by atoms with van der Waals surface area (Å²) in [7, 11) is 1.70. The smallest absolute Gasteiger partial charge is 0.196 e. The van der Waals surface area contributed by atoms with Crippen LogP contribution >= 0.6 is 0 Å². The number of furan rings is 1. The van der Waals surface area contributed by atoms with Gasteiger partial charge in [-0.25, -0.2) is 9.97 Å². The van der Waals surface area contributed by atoms with Crippen LogP contribution < -0.4 is 5.32 Å². The molecule has 3 aromatic rings. The number of nitrogens with one attached hydrogen (secondary N) is 1. The number of ether oxygens (including phenoxy) is 1. The molecule has 0 unspecified atom stereocenters. The Morgan fingerprint density at radius 1 is 1.25 bits per heavy atom. The fourth-order valence-corrected chi connectivity index (χ4v) is 2.25. The highest BCUT2D eigenvalue weighted by Crippen LogP contribution is 2.30. The van der Waals surface area contributed by atoms with Crippen LogP contribution in [0.15, 0.2) is 28.7 Å². The summed E-state index contributed by atoms with van der Waals surface area (Å²) in [4.78, 5) is 8.94. The Labute approximate surface area is 117 Å². The van der Waals surface area contributed by atoms with Gasteiger partial charge in [-0.15, -0.1) is 0 Å². The molecule has 3 rings (SSSR count). The number of rotatable bonds is 5. The predicted molar refractivity (Wildman–Crippen MR) is 79.0 cm³/mol. The number of para-hydroxylation sites is 1. The van der Waals surface area contributed by atoms with Crippen molar-refractivity contribution < 1.29 is 9.15 Å². The summed E-state index contributed by atoms with van der Waals surface area (Å²) in [5.74, 6) is 1.48. The summed E-state index contributed by atoms with van der Waals surface area (Å²) in [6.07, 6.45) is 0.918. The molecule has 5 heteroatoms. The number of aryl methyl sites for hydroxylation is 1. The number of benzene rings is 1. The molecule has 0 spiro atoms. The van der Waals surface area contributed by atoms with E-state index >= 15 is 0 Å². The van der Waals surface area contributed by atoms with E-state index in [0.717, 1.165) is 47.7 Å². The van der Waals surface area contributed by atoms with Gasteiger partial charge in [-0.2, -0.15) is 0 Å². The van der Waals surface area contributed by atoms with Crippen LogP contribution in [-0.2, 0) is 4.74 Å². The van der Waals surface area contributed by atoms with Crippen LogP contribution in [0, 0.1) is 6.92 Å². The lowest BCUT2D eigenvalue weighted by molar-refractivity contribution is 0.198. The monoisotopic (exact) mass is 271 g/mol. The van der Waals surface area contributed by atoms with E-state index in [2.05, 4.69) is 15.3 Å². The van der Waals surface area contributed by atoms with Crippen LogP contribution in [-0.4, -0.2) is 30.2 Å². The molecule has 104 valence electrons. The number of nitrogens with zero attached hydrogens (tertiary/aromatic N) is 2. The minimum Gasteiger partial charge on any atom is -0.450 e. The molecular weight excluding hydrogens is 254 g/mol. The highest BCUT2D eigenvalue weighted by molar-refractivity contribution is 6.05. The van der Waals surface area contributed by atoms with Crippen LogP contribution in [0.5, 0.6) is 0 Å². The molecule has 1 aromatic carbocycles. The van der Waals surface area contributed by atoms with E-state index in [1.807, 2.05) is 31.2 Å². The van der Waals surface area contributed by atoms with Gasteiger partial charge in [0.05, 0.1) is 0 Å². The Balaban J connectivity index is 2.02. The number of methoxy groups -OCH3 is 1. The van der Waals surface area contributed by atoms with Gasteiger partial charge in [-0.3, -0.25) is 0 Å². The zero-order valence-electron chi connectivity index (χ0n) is 11.6. The summed E-state index contributed by atoms with van der Waals surface area (Å²) in [5, 5.41) is 4.32. The lowest BCUT2D eigenvalue weighted by Crippen LogP contribution is -2.07. The topological polar surface area (TPSA) is 60.2 Å². The number of fused-ring (bicyclic) bond motifs is 3. The maximum absolute atomic E-state index is 5.88. The molecule has 2 heterocycles. The summed E-state index contributed by atoms with van der Waals surface area (Å²) < 4.78 is 10.9. The number of anilines is 1. The van der Waals surface area contributed by atoms with Gasteiger partial charge in [0.25, 0.3) is 0 Å². The van der Waals surface area contributed by atoms with Crippen molar-refractivity contribution in [2.75, 3.05) is 25.6 Å².